The number of benzene rings is 2. The Balaban J connectivity index is 1.64. The van der Waals surface area contributed by atoms with Crippen molar-refractivity contribution in [3.63, 3.8) is 0 Å². The van der Waals surface area contributed by atoms with E-state index in [1.165, 1.54) is 0 Å². The van der Waals surface area contributed by atoms with E-state index in [9.17, 15) is 9.59 Å². The fraction of sp³-hybridized carbons (Fsp3) is 0.308. The Labute approximate surface area is 177 Å². The monoisotopic (exact) mass is 401 g/mol. The second-order valence-corrected chi connectivity index (χ2v) is 8.39. The van der Waals surface area contributed by atoms with E-state index in [-0.39, 0.29) is 11.9 Å². The van der Waals surface area contributed by atoms with Crippen molar-refractivity contribution < 1.29 is 14.3 Å². The zero-order valence-corrected chi connectivity index (χ0v) is 17.5. The molecule has 30 heavy (non-hydrogen) atoms. The topological polar surface area (TPSA) is 46.6 Å². The highest BCUT2D eigenvalue weighted by Gasteiger charge is 2.50. The minimum atomic E-state index is -0.788. The molecule has 1 unspecified atom stereocenters. The molecule has 0 saturated carbocycles. The van der Waals surface area contributed by atoms with Gasteiger partial charge in [0.1, 0.15) is 0 Å². The Morgan fingerprint density at radius 2 is 1.77 bits per heavy atom. The first-order chi connectivity index (χ1) is 14.5. The normalized spacial score (nSPS) is 21.3. The van der Waals surface area contributed by atoms with Gasteiger partial charge in [0.2, 0.25) is 5.91 Å². The molecule has 0 aliphatic carbocycles. The number of cyclic esters (lactones) is 1. The van der Waals surface area contributed by atoms with E-state index in [2.05, 4.69) is 13.8 Å². The third-order valence-corrected chi connectivity index (χ3v) is 5.81. The summed E-state index contributed by atoms with van der Waals surface area (Å²) in [6, 6.07) is 19.7. The molecule has 0 fully saturated rings. The van der Waals surface area contributed by atoms with E-state index in [1.54, 1.807) is 6.08 Å². The van der Waals surface area contributed by atoms with Gasteiger partial charge < -0.3 is 9.64 Å². The highest BCUT2D eigenvalue weighted by Crippen LogP contribution is 2.48. The van der Waals surface area contributed by atoms with Crippen molar-refractivity contribution in [3.05, 3.63) is 89.0 Å². The first kappa shape index (κ1) is 20.1. The van der Waals surface area contributed by atoms with E-state index < -0.39 is 5.60 Å². The lowest BCUT2D eigenvalue weighted by Crippen LogP contribution is -2.41. The first-order valence-electron chi connectivity index (χ1n) is 10.5. The maximum atomic E-state index is 12.9. The van der Waals surface area contributed by atoms with Crippen LogP contribution in [0.4, 0.5) is 0 Å². The number of nitrogens with zero attached hydrogens (tertiary/aromatic N) is 1. The number of carbonyl (C=O) groups excluding carboxylic acids is 2. The number of amides is 1. The van der Waals surface area contributed by atoms with Gasteiger partial charge in [0, 0.05) is 30.3 Å². The van der Waals surface area contributed by atoms with Gasteiger partial charge in [-0.3, -0.25) is 4.79 Å². The lowest BCUT2D eigenvalue weighted by atomic mass is 9.77. The predicted octanol–water partition coefficient (Wildman–Crippen LogP) is 4.73. The zero-order valence-electron chi connectivity index (χ0n) is 17.5. The van der Waals surface area contributed by atoms with Crippen molar-refractivity contribution in [1.82, 2.24) is 4.90 Å². The third-order valence-electron chi connectivity index (χ3n) is 5.81. The Bertz CT molecular complexity index is 991. The van der Waals surface area contributed by atoms with E-state index in [0.717, 1.165) is 22.3 Å². The Hall–Kier alpha value is -3.14. The highest BCUT2D eigenvalue weighted by atomic mass is 16.6. The largest absolute Gasteiger partial charge is 0.446 e. The van der Waals surface area contributed by atoms with Crippen LogP contribution in [-0.4, -0.2) is 29.9 Å². The minimum absolute atomic E-state index is 0.0451. The molecule has 0 saturated heterocycles. The summed E-state index contributed by atoms with van der Waals surface area (Å²) in [6.07, 6.45) is 4.68. The van der Waals surface area contributed by atoms with Crippen LogP contribution in [0.15, 0.2) is 77.9 Å². The maximum absolute atomic E-state index is 12.9. The Morgan fingerprint density at radius 3 is 2.43 bits per heavy atom. The molecule has 4 nitrogen and oxygen atoms in total. The molecule has 4 heteroatoms. The summed E-state index contributed by atoms with van der Waals surface area (Å²) in [5.41, 5.74) is 2.87. The molecule has 1 amide bonds. The quantitative estimate of drug-likeness (QED) is 0.538. The van der Waals surface area contributed by atoms with Gasteiger partial charge in [-0.05, 0) is 36.0 Å². The molecule has 0 spiro atoms. The standard InChI is InChI=1S/C26H27NO3/c1-19(2)17-26(21-11-7-4-8-12-21)23-18-27(16-15-22(23)25(29)30-26)24(28)14-13-20-9-5-3-6-10-20/h3-14,19H,15-18H2,1-2H3/b14-13+. The molecule has 1 atom stereocenters. The molecule has 2 aromatic rings. The van der Waals surface area contributed by atoms with Crippen LogP contribution in [0.1, 0.15) is 37.8 Å². The van der Waals surface area contributed by atoms with Gasteiger partial charge in [-0.15, -0.1) is 0 Å². The Morgan fingerprint density at radius 1 is 1.10 bits per heavy atom. The smallest absolute Gasteiger partial charge is 0.335 e. The van der Waals surface area contributed by atoms with Crippen LogP contribution < -0.4 is 0 Å². The summed E-state index contributed by atoms with van der Waals surface area (Å²) in [7, 11) is 0. The molecule has 0 N–H and O–H groups in total. The zero-order chi connectivity index (χ0) is 21.1. The molecule has 2 aliphatic rings. The minimum Gasteiger partial charge on any atom is -0.446 e. The molecule has 0 aromatic heterocycles. The van der Waals surface area contributed by atoms with Crippen LogP contribution in [0.5, 0.6) is 0 Å². The molecule has 154 valence electrons. The van der Waals surface area contributed by atoms with Crippen molar-refractivity contribution >= 4 is 18.0 Å². The summed E-state index contributed by atoms with van der Waals surface area (Å²) >= 11 is 0. The van der Waals surface area contributed by atoms with Gasteiger partial charge >= 0.3 is 5.97 Å². The lowest BCUT2D eigenvalue weighted by molar-refractivity contribution is -0.149. The van der Waals surface area contributed by atoms with Gasteiger partial charge in [0.15, 0.2) is 5.60 Å². The van der Waals surface area contributed by atoms with Crippen molar-refractivity contribution in [3.8, 4) is 0 Å². The van der Waals surface area contributed by atoms with E-state index in [4.69, 9.17) is 4.74 Å². The van der Waals surface area contributed by atoms with Crippen molar-refractivity contribution in [1.29, 1.82) is 0 Å². The van der Waals surface area contributed by atoms with Crippen molar-refractivity contribution in [2.45, 2.75) is 32.3 Å². The van der Waals surface area contributed by atoms with E-state index in [0.29, 0.717) is 31.8 Å². The summed E-state index contributed by atoms with van der Waals surface area (Å²) in [4.78, 5) is 27.5. The van der Waals surface area contributed by atoms with Crippen LogP contribution in [0, 0.1) is 5.92 Å². The maximum Gasteiger partial charge on any atom is 0.335 e. The Kier molecular flexibility index (Phi) is 5.58. The van der Waals surface area contributed by atoms with Gasteiger partial charge in [-0.1, -0.05) is 74.5 Å². The van der Waals surface area contributed by atoms with Crippen LogP contribution in [0.2, 0.25) is 0 Å². The number of hydrogen-bond donors (Lipinski definition) is 0. The van der Waals surface area contributed by atoms with Gasteiger partial charge in [-0.2, -0.15) is 0 Å². The molecular formula is C26H27NO3. The molecule has 2 heterocycles. The summed E-state index contributed by atoms with van der Waals surface area (Å²) in [5, 5.41) is 0. The predicted molar refractivity (Wildman–Crippen MR) is 117 cm³/mol. The lowest BCUT2D eigenvalue weighted by Gasteiger charge is -2.36. The van der Waals surface area contributed by atoms with Crippen LogP contribution in [0.25, 0.3) is 6.08 Å². The second kappa shape index (κ2) is 8.31. The SMILES string of the molecule is CC(C)CC1(c2ccccc2)OC(=O)C2=C1CN(C(=O)/C=C/c1ccccc1)CC2. The molecular weight excluding hydrogens is 374 g/mol. The number of carbonyl (C=O) groups is 2. The van der Waals surface area contributed by atoms with E-state index >= 15 is 0 Å². The molecule has 2 aromatic carbocycles. The second-order valence-electron chi connectivity index (χ2n) is 8.39. The van der Waals surface area contributed by atoms with Crippen molar-refractivity contribution in [2.24, 2.45) is 5.92 Å². The number of esters is 1. The molecule has 2 aliphatic heterocycles. The van der Waals surface area contributed by atoms with Crippen molar-refractivity contribution in [2.75, 3.05) is 13.1 Å². The number of rotatable bonds is 5. The van der Waals surface area contributed by atoms with Gasteiger partial charge in [0.05, 0.1) is 0 Å². The number of hydrogen-bond acceptors (Lipinski definition) is 3. The van der Waals surface area contributed by atoms with Gasteiger partial charge in [-0.25, -0.2) is 4.79 Å². The van der Waals surface area contributed by atoms with E-state index in [1.807, 2.05) is 71.6 Å². The fourth-order valence-electron chi connectivity index (χ4n) is 4.46. The van der Waals surface area contributed by atoms with Crippen LogP contribution >= 0.6 is 0 Å². The summed E-state index contributed by atoms with van der Waals surface area (Å²) in [5.74, 6) is 0.0478. The molecule has 0 radical (unpaired) electrons. The third kappa shape index (κ3) is 3.82. The van der Waals surface area contributed by atoms with Gasteiger partial charge in [0.25, 0.3) is 0 Å². The molecule has 0 bridgehead atoms. The first-order valence-corrected chi connectivity index (χ1v) is 10.5. The highest BCUT2D eigenvalue weighted by molar-refractivity contribution is 5.96. The molecule has 4 rings (SSSR count). The average Bonchev–Trinajstić information content (AvgIpc) is 3.05. The number of ether oxygens (including phenoxy) is 1. The fourth-order valence-corrected chi connectivity index (χ4v) is 4.46. The summed E-state index contributed by atoms with van der Waals surface area (Å²) < 4.78 is 6.08. The van der Waals surface area contributed by atoms with Crippen LogP contribution in [-0.2, 0) is 19.9 Å². The van der Waals surface area contributed by atoms with Crippen LogP contribution in [0.3, 0.4) is 0 Å². The summed E-state index contributed by atoms with van der Waals surface area (Å²) in [6.45, 7) is 5.20. The average molecular weight is 402 g/mol.